The average Bonchev–Trinajstić information content (AvgIpc) is 2.47. The minimum absolute atomic E-state index is 0.160. The van der Waals surface area contributed by atoms with Gasteiger partial charge in [0.25, 0.3) is 0 Å². The first-order valence-electron chi connectivity index (χ1n) is 6.97. The SMILES string of the molecule is COc1ccc(CN)cc1CN1CCN(C(C)=O)CC1. The van der Waals surface area contributed by atoms with Crippen LogP contribution in [0.5, 0.6) is 5.75 Å². The van der Waals surface area contributed by atoms with Gasteiger partial charge in [0.15, 0.2) is 0 Å². The van der Waals surface area contributed by atoms with Crippen LogP contribution < -0.4 is 10.5 Å². The van der Waals surface area contributed by atoms with E-state index in [0.29, 0.717) is 6.54 Å². The summed E-state index contributed by atoms with van der Waals surface area (Å²) in [6.45, 7) is 6.40. The number of ether oxygens (including phenoxy) is 1. The van der Waals surface area contributed by atoms with E-state index in [1.807, 2.05) is 17.0 Å². The van der Waals surface area contributed by atoms with Crippen molar-refractivity contribution in [2.24, 2.45) is 5.73 Å². The van der Waals surface area contributed by atoms with E-state index in [9.17, 15) is 4.79 Å². The molecule has 1 aliphatic rings. The van der Waals surface area contributed by atoms with Gasteiger partial charge in [-0.05, 0) is 17.7 Å². The maximum atomic E-state index is 11.3. The van der Waals surface area contributed by atoms with Crippen LogP contribution >= 0.6 is 0 Å². The van der Waals surface area contributed by atoms with Gasteiger partial charge in [-0.15, -0.1) is 0 Å². The fourth-order valence-corrected chi connectivity index (χ4v) is 2.54. The quantitative estimate of drug-likeness (QED) is 0.885. The topological polar surface area (TPSA) is 58.8 Å². The molecule has 0 unspecified atom stereocenters. The van der Waals surface area contributed by atoms with Crippen LogP contribution in [-0.4, -0.2) is 49.0 Å². The van der Waals surface area contributed by atoms with Gasteiger partial charge < -0.3 is 15.4 Å². The van der Waals surface area contributed by atoms with E-state index in [2.05, 4.69) is 11.0 Å². The molecule has 0 atom stereocenters. The van der Waals surface area contributed by atoms with Gasteiger partial charge in [-0.1, -0.05) is 6.07 Å². The first-order valence-corrected chi connectivity index (χ1v) is 6.97. The summed E-state index contributed by atoms with van der Waals surface area (Å²) in [6.07, 6.45) is 0. The van der Waals surface area contributed by atoms with Gasteiger partial charge in [0.1, 0.15) is 5.75 Å². The normalized spacial score (nSPS) is 16.2. The van der Waals surface area contributed by atoms with Gasteiger partial charge >= 0.3 is 0 Å². The minimum Gasteiger partial charge on any atom is -0.496 e. The fraction of sp³-hybridized carbons (Fsp3) is 0.533. The standard InChI is InChI=1S/C15H23N3O2/c1-12(19)18-7-5-17(6-8-18)11-14-9-13(10-16)3-4-15(14)20-2/h3-4,9H,5-8,10-11,16H2,1-2H3. The van der Waals surface area contributed by atoms with Crippen molar-refractivity contribution in [2.75, 3.05) is 33.3 Å². The second-order valence-corrected chi connectivity index (χ2v) is 5.13. The fourth-order valence-electron chi connectivity index (χ4n) is 2.54. The molecule has 1 aromatic carbocycles. The van der Waals surface area contributed by atoms with Crippen LogP contribution in [0.15, 0.2) is 18.2 Å². The maximum Gasteiger partial charge on any atom is 0.219 e. The van der Waals surface area contributed by atoms with E-state index < -0.39 is 0 Å². The highest BCUT2D eigenvalue weighted by Crippen LogP contribution is 2.22. The van der Waals surface area contributed by atoms with Crippen molar-refractivity contribution in [1.82, 2.24) is 9.80 Å². The predicted octanol–water partition coefficient (Wildman–Crippen LogP) is 0.818. The zero-order valence-electron chi connectivity index (χ0n) is 12.3. The number of carbonyl (C=O) groups excluding carboxylic acids is 1. The Kier molecular flexibility index (Phi) is 4.98. The molecule has 0 saturated carbocycles. The molecular formula is C15H23N3O2. The van der Waals surface area contributed by atoms with Gasteiger partial charge in [-0.25, -0.2) is 0 Å². The van der Waals surface area contributed by atoms with Crippen molar-refractivity contribution in [2.45, 2.75) is 20.0 Å². The summed E-state index contributed by atoms with van der Waals surface area (Å²) in [5, 5.41) is 0. The van der Waals surface area contributed by atoms with Gasteiger partial charge in [-0.2, -0.15) is 0 Å². The Morgan fingerprint density at radius 2 is 2.00 bits per heavy atom. The van der Waals surface area contributed by atoms with E-state index in [1.165, 1.54) is 0 Å². The summed E-state index contributed by atoms with van der Waals surface area (Å²) >= 11 is 0. The predicted molar refractivity (Wildman–Crippen MR) is 78.4 cm³/mol. The van der Waals surface area contributed by atoms with E-state index in [-0.39, 0.29) is 5.91 Å². The van der Waals surface area contributed by atoms with Crippen molar-refractivity contribution in [3.63, 3.8) is 0 Å². The lowest BCUT2D eigenvalue weighted by molar-refractivity contribution is -0.130. The highest BCUT2D eigenvalue weighted by molar-refractivity contribution is 5.73. The van der Waals surface area contributed by atoms with Gasteiger partial charge in [-0.3, -0.25) is 9.69 Å². The Balaban J connectivity index is 2.01. The molecule has 0 spiro atoms. The monoisotopic (exact) mass is 277 g/mol. The number of nitrogens with zero attached hydrogens (tertiary/aromatic N) is 2. The number of nitrogens with two attached hydrogens (primary N) is 1. The lowest BCUT2D eigenvalue weighted by atomic mass is 10.1. The minimum atomic E-state index is 0.160. The molecule has 1 amide bonds. The second-order valence-electron chi connectivity index (χ2n) is 5.13. The number of methoxy groups -OCH3 is 1. The van der Waals surface area contributed by atoms with Crippen LogP contribution in [0.25, 0.3) is 0 Å². The number of rotatable bonds is 4. The van der Waals surface area contributed by atoms with Gasteiger partial charge in [0.05, 0.1) is 7.11 Å². The van der Waals surface area contributed by atoms with Crippen LogP contribution in [0, 0.1) is 0 Å². The summed E-state index contributed by atoms with van der Waals surface area (Å²) in [6, 6.07) is 6.08. The van der Waals surface area contributed by atoms with E-state index in [1.54, 1.807) is 14.0 Å². The molecule has 0 aromatic heterocycles. The zero-order valence-corrected chi connectivity index (χ0v) is 12.3. The highest BCUT2D eigenvalue weighted by Gasteiger charge is 2.19. The Labute approximate surface area is 120 Å². The second kappa shape index (κ2) is 6.72. The Hall–Kier alpha value is -1.59. The molecule has 5 heteroatoms. The van der Waals surface area contributed by atoms with Gasteiger partial charge in [0.2, 0.25) is 5.91 Å². The number of amides is 1. The third kappa shape index (κ3) is 3.49. The molecule has 1 saturated heterocycles. The Morgan fingerprint density at radius 3 is 2.55 bits per heavy atom. The summed E-state index contributed by atoms with van der Waals surface area (Å²) < 4.78 is 5.41. The third-order valence-electron chi connectivity index (χ3n) is 3.79. The van der Waals surface area contributed by atoms with Crippen molar-refractivity contribution in [3.05, 3.63) is 29.3 Å². The highest BCUT2D eigenvalue weighted by atomic mass is 16.5. The molecule has 1 heterocycles. The average molecular weight is 277 g/mol. The van der Waals surface area contributed by atoms with Crippen LogP contribution in [0.1, 0.15) is 18.1 Å². The Bertz CT molecular complexity index is 468. The molecule has 110 valence electrons. The molecule has 1 aromatic rings. The van der Waals surface area contributed by atoms with E-state index in [4.69, 9.17) is 10.5 Å². The number of carbonyl (C=O) groups is 1. The first-order chi connectivity index (χ1) is 9.63. The number of hydrogen-bond acceptors (Lipinski definition) is 4. The molecule has 0 aliphatic carbocycles. The lowest BCUT2D eigenvalue weighted by Crippen LogP contribution is -2.47. The smallest absolute Gasteiger partial charge is 0.219 e. The lowest BCUT2D eigenvalue weighted by Gasteiger charge is -2.34. The van der Waals surface area contributed by atoms with Crippen LogP contribution in [-0.2, 0) is 17.9 Å². The third-order valence-corrected chi connectivity index (χ3v) is 3.79. The van der Waals surface area contributed by atoms with Crippen molar-refractivity contribution in [3.8, 4) is 5.75 Å². The largest absolute Gasteiger partial charge is 0.496 e. The molecule has 5 nitrogen and oxygen atoms in total. The molecule has 20 heavy (non-hydrogen) atoms. The molecule has 0 radical (unpaired) electrons. The van der Waals surface area contributed by atoms with Gasteiger partial charge in [0, 0.05) is 51.8 Å². The summed E-state index contributed by atoms with van der Waals surface area (Å²) in [4.78, 5) is 15.6. The molecular weight excluding hydrogens is 254 g/mol. The summed E-state index contributed by atoms with van der Waals surface area (Å²) in [5.74, 6) is 1.06. The van der Waals surface area contributed by atoms with Crippen molar-refractivity contribution >= 4 is 5.91 Å². The van der Waals surface area contributed by atoms with Crippen LogP contribution in [0.3, 0.4) is 0 Å². The molecule has 2 rings (SSSR count). The molecule has 0 bridgehead atoms. The molecule has 2 N–H and O–H groups in total. The first kappa shape index (κ1) is 14.8. The molecule has 1 aliphatic heterocycles. The number of piperazine rings is 1. The van der Waals surface area contributed by atoms with Crippen LogP contribution in [0.2, 0.25) is 0 Å². The molecule has 1 fully saturated rings. The van der Waals surface area contributed by atoms with E-state index in [0.717, 1.165) is 49.6 Å². The van der Waals surface area contributed by atoms with E-state index >= 15 is 0 Å². The summed E-state index contributed by atoms with van der Waals surface area (Å²) in [5.41, 5.74) is 7.97. The summed E-state index contributed by atoms with van der Waals surface area (Å²) in [7, 11) is 1.69. The number of benzene rings is 1. The van der Waals surface area contributed by atoms with Crippen molar-refractivity contribution < 1.29 is 9.53 Å². The Morgan fingerprint density at radius 1 is 1.30 bits per heavy atom. The van der Waals surface area contributed by atoms with Crippen LogP contribution in [0.4, 0.5) is 0 Å². The maximum absolute atomic E-state index is 11.3. The number of hydrogen-bond donors (Lipinski definition) is 1. The van der Waals surface area contributed by atoms with Crippen molar-refractivity contribution in [1.29, 1.82) is 0 Å². The zero-order chi connectivity index (χ0) is 14.5.